The Morgan fingerprint density at radius 3 is 2.71 bits per heavy atom. The molecule has 0 atom stereocenters. The summed E-state index contributed by atoms with van der Waals surface area (Å²) in [5.41, 5.74) is 1.81. The topological polar surface area (TPSA) is 45.5 Å². The van der Waals surface area contributed by atoms with Crippen molar-refractivity contribution in [3.8, 4) is 0 Å². The second-order valence-corrected chi connectivity index (χ2v) is 4.09. The number of benzene rings is 1. The van der Waals surface area contributed by atoms with Gasteiger partial charge in [0, 0.05) is 37.8 Å². The Kier molecular flexibility index (Phi) is 3.04. The van der Waals surface area contributed by atoms with Gasteiger partial charge in [0.15, 0.2) is 0 Å². The molecule has 0 aliphatic rings. The zero-order valence-corrected chi connectivity index (χ0v) is 10.3. The van der Waals surface area contributed by atoms with Crippen LogP contribution >= 0.6 is 0 Å². The first-order chi connectivity index (χ1) is 8.11. The Bertz CT molecular complexity index is 587. The minimum absolute atomic E-state index is 0.324. The summed E-state index contributed by atoms with van der Waals surface area (Å²) in [6, 6.07) is 7.64. The molecule has 2 rings (SSSR count). The van der Waals surface area contributed by atoms with E-state index in [1.807, 2.05) is 50.2 Å². The lowest BCUT2D eigenvalue weighted by molar-refractivity contribution is 0.563. The zero-order valence-electron chi connectivity index (χ0n) is 10.3. The second-order valence-electron chi connectivity index (χ2n) is 4.09. The molecule has 0 fully saturated rings. The normalized spacial score (nSPS) is 10.5. The summed E-state index contributed by atoms with van der Waals surface area (Å²) in [4.78, 5) is 13.6. The van der Waals surface area contributed by atoms with Gasteiger partial charge < -0.3 is 14.6 Å². The molecule has 1 aromatic carbocycles. The minimum Gasteiger partial charge on any atom is -0.421 e. The van der Waals surface area contributed by atoms with Crippen LogP contribution in [-0.2, 0) is 0 Å². The second kappa shape index (κ2) is 4.49. The van der Waals surface area contributed by atoms with Crippen molar-refractivity contribution in [2.75, 3.05) is 30.9 Å². The van der Waals surface area contributed by atoms with Gasteiger partial charge in [-0.25, -0.2) is 4.79 Å². The van der Waals surface area contributed by atoms with Gasteiger partial charge in [0.25, 0.3) is 0 Å². The summed E-state index contributed by atoms with van der Waals surface area (Å²) < 4.78 is 5.29. The van der Waals surface area contributed by atoms with E-state index in [-0.39, 0.29) is 5.63 Å². The first-order valence-electron chi connectivity index (χ1n) is 5.61. The molecular formula is C13H16N2O2. The molecule has 0 unspecified atom stereocenters. The number of fused-ring (bicyclic) bond motifs is 1. The van der Waals surface area contributed by atoms with Gasteiger partial charge in [-0.05, 0) is 25.1 Å². The van der Waals surface area contributed by atoms with E-state index >= 15 is 0 Å². The highest BCUT2D eigenvalue weighted by Gasteiger charge is 2.05. The quantitative estimate of drug-likeness (QED) is 0.825. The molecule has 2 aromatic rings. The lowest BCUT2D eigenvalue weighted by atomic mass is 10.2. The van der Waals surface area contributed by atoms with Gasteiger partial charge in [-0.2, -0.15) is 0 Å². The fourth-order valence-corrected chi connectivity index (χ4v) is 1.69. The smallest absolute Gasteiger partial charge is 0.359 e. The Morgan fingerprint density at radius 1 is 1.29 bits per heavy atom. The Labute approximate surface area is 99.8 Å². The van der Waals surface area contributed by atoms with Crippen LogP contribution in [0.4, 0.5) is 11.4 Å². The molecule has 0 saturated carbocycles. The predicted molar refractivity (Wildman–Crippen MR) is 71.0 cm³/mol. The highest BCUT2D eigenvalue weighted by molar-refractivity contribution is 5.82. The number of nitrogens with zero attached hydrogens (tertiary/aromatic N) is 1. The first kappa shape index (κ1) is 11.5. The van der Waals surface area contributed by atoms with Gasteiger partial charge in [-0.15, -0.1) is 0 Å². The largest absolute Gasteiger partial charge is 0.421 e. The van der Waals surface area contributed by atoms with Crippen molar-refractivity contribution < 1.29 is 4.42 Å². The molecule has 1 N–H and O–H groups in total. The van der Waals surface area contributed by atoms with Crippen LogP contribution in [0.5, 0.6) is 0 Å². The third-order valence-corrected chi connectivity index (χ3v) is 2.60. The maximum atomic E-state index is 11.7. The van der Waals surface area contributed by atoms with Crippen LogP contribution in [0.1, 0.15) is 6.92 Å². The molecule has 4 heteroatoms. The molecule has 0 aliphatic carbocycles. The third-order valence-electron chi connectivity index (χ3n) is 2.60. The van der Waals surface area contributed by atoms with Crippen LogP contribution in [0.3, 0.4) is 0 Å². The van der Waals surface area contributed by atoms with Gasteiger partial charge >= 0.3 is 5.63 Å². The molecule has 1 aromatic heterocycles. The molecule has 0 spiro atoms. The number of nitrogens with one attached hydrogen (secondary N) is 1. The van der Waals surface area contributed by atoms with Crippen molar-refractivity contribution in [2.24, 2.45) is 0 Å². The summed E-state index contributed by atoms with van der Waals surface area (Å²) in [5, 5.41) is 3.91. The number of hydrogen-bond acceptors (Lipinski definition) is 4. The van der Waals surface area contributed by atoms with E-state index in [0.29, 0.717) is 17.8 Å². The molecule has 90 valence electrons. The first-order valence-corrected chi connectivity index (χ1v) is 5.61. The summed E-state index contributed by atoms with van der Waals surface area (Å²) in [6.45, 7) is 2.64. The van der Waals surface area contributed by atoms with Crippen molar-refractivity contribution in [1.82, 2.24) is 0 Å². The van der Waals surface area contributed by atoms with Crippen LogP contribution in [0.2, 0.25) is 0 Å². The predicted octanol–water partition coefficient (Wildman–Crippen LogP) is 2.29. The SMILES string of the molecule is CCNc1cc2ccc(N(C)C)cc2oc1=O. The monoisotopic (exact) mass is 232 g/mol. The molecule has 0 saturated heterocycles. The van der Waals surface area contributed by atoms with Crippen molar-refractivity contribution in [3.05, 3.63) is 34.7 Å². The fraction of sp³-hybridized carbons (Fsp3) is 0.308. The van der Waals surface area contributed by atoms with Crippen LogP contribution < -0.4 is 15.8 Å². The summed E-state index contributed by atoms with van der Waals surface area (Å²) in [6.07, 6.45) is 0. The van der Waals surface area contributed by atoms with E-state index in [2.05, 4.69) is 5.32 Å². The molecule has 17 heavy (non-hydrogen) atoms. The summed E-state index contributed by atoms with van der Waals surface area (Å²) in [5.74, 6) is 0. The molecule has 0 amide bonds. The van der Waals surface area contributed by atoms with Crippen molar-refractivity contribution in [3.63, 3.8) is 0 Å². The average Bonchev–Trinajstić information content (AvgIpc) is 2.29. The van der Waals surface area contributed by atoms with Gasteiger partial charge in [-0.1, -0.05) is 0 Å². The van der Waals surface area contributed by atoms with E-state index in [1.165, 1.54) is 0 Å². The highest BCUT2D eigenvalue weighted by atomic mass is 16.4. The van der Waals surface area contributed by atoms with Crippen LogP contribution in [-0.4, -0.2) is 20.6 Å². The van der Waals surface area contributed by atoms with Gasteiger partial charge in [0.1, 0.15) is 11.3 Å². The molecular weight excluding hydrogens is 216 g/mol. The molecule has 0 radical (unpaired) electrons. The zero-order chi connectivity index (χ0) is 12.4. The van der Waals surface area contributed by atoms with Crippen molar-refractivity contribution in [2.45, 2.75) is 6.92 Å². The Balaban J connectivity index is 2.58. The molecule has 0 bridgehead atoms. The Hall–Kier alpha value is -1.97. The fourth-order valence-electron chi connectivity index (χ4n) is 1.69. The standard InChI is InChI=1S/C13H16N2O2/c1-4-14-11-7-9-5-6-10(15(2)3)8-12(9)17-13(11)16/h5-8,14H,4H2,1-3H3. The van der Waals surface area contributed by atoms with E-state index in [1.54, 1.807) is 0 Å². The van der Waals surface area contributed by atoms with Crippen LogP contribution in [0.15, 0.2) is 33.5 Å². The maximum Gasteiger partial charge on any atom is 0.359 e. The number of hydrogen-bond donors (Lipinski definition) is 1. The van der Waals surface area contributed by atoms with Gasteiger partial charge in [-0.3, -0.25) is 0 Å². The molecule has 4 nitrogen and oxygen atoms in total. The van der Waals surface area contributed by atoms with E-state index in [4.69, 9.17) is 4.42 Å². The number of anilines is 2. The van der Waals surface area contributed by atoms with Crippen LogP contribution in [0.25, 0.3) is 11.0 Å². The van der Waals surface area contributed by atoms with Crippen molar-refractivity contribution in [1.29, 1.82) is 0 Å². The lowest BCUT2D eigenvalue weighted by Crippen LogP contribution is -2.10. The van der Waals surface area contributed by atoms with E-state index in [9.17, 15) is 4.79 Å². The molecule has 0 aliphatic heterocycles. The van der Waals surface area contributed by atoms with E-state index in [0.717, 1.165) is 11.1 Å². The summed E-state index contributed by atoms with van der Waals surface area (Å²) >= 11 is 0. The lowest BCUT2D eigenvalue weighted by Gasteiger charge is -2.12. The third kappa shape index (κ3) is 2.25. The molecule has 1 heterocycles. The summed E-state index contributed by atoms with van der Waals surface area (Å²) in [7, 11) is 3.90. The van der Waals surface area contributed by atoms with E-state index < -0.39 is 0 Å². The van der Waals surface area contributed by atoms with Crippen molar-refractivity contribution >= 4 is 22.3 Å². The van der Waals surface area contributed by atoms with Crippen LogP contribution in [0, 0.1) is 0 Å². The van der Waals surface area contributed by atoms with Gasteiger partial charge in [0.05, 0.1) is 0 Å². The van der Waals surface area contributed by atoms with Gasteiger partial charge in [0.2, 0.25) is 0 Å². The number of rotatable bonds is 3. The average molecular weight is 232 g/mol. The maximum absolute atomic E-state index is 11.7. The highest BCUT2D eigenvalue weighted by Crippen LogP contribution is 2.21. The Morgan fingerprint density at radius 2 is 2.06 bits per heavy atom. The minimum atomic E-state index is -0.324.